The number of rotatable bonds is 5. The molecular weight excluding hydrogens is 233 g/mol. The number of nitrogens with one attached hydrogen (secondary N) is 1. The van der Waals surface area contributed by atoms with Crippen LogP contribution in [0, 0.1) is 5.82 Å². The molecule has 4 nitrogen and oxygen atoms in total. The third kappa shape index (κ3) is 3.13. The molecule has 1 atom stereocenters. The maximum Gasteiger partial charge on any atom is 0.233 e. The highest BCUT2D eigenvalue weighted by molar-refractivity contribution is 5.19. The van der Waals surface area contributed by atoms with Gasteiger partial charge in [-0.15, -0.1) is 10.2 Å². The van der Waals surface area contributed by atoms with Crippen molar-refractivity contribution >= 4 is 0 Å². The summed E-state index contributed by atoms with van der Waals surface area (Å²) in [6.07, 6.45) is 0.448. The Morgan fingerprint density at radius 1 is 1.39 bits per heavy atom. The van der Waals surface area contributed by atoms with Crippen LogP contribution in [0.1, 0.15) is 37.2 Å². The van der Waals surface area contributed by atoms with Gasteiger partial charge in [0.25, 0.3) is 0 Å². The van der Waals surface area contributed by atoms with E-state index in [1.165, 1.54) is 12.1 Å². The normalized spacial score (nSPS) is 12.6. The maximum atomic E-state index is 13.0. The van der Waals surface area contributed by atoms with Crippen molar-refractivity contribution in [2.45, 2.75) is 26.3 Å². The molecule has 2 rings (SSSR count). The zero-order chi connectivity index (χ0) is 13.0. The molecule has 0 saturated carbocycles. The minimum Gasteiger partial charge on any atom is -0.423 e. The van der Waals surface area contributed by atoms with Gasteiger partial charge >= 0.3 is 0 Å². The van der Waals surface area contributed by atoms with Crippen molar-refractivity contribution in [1.82, 2.24) is 15.5 Å². The van der Waals surface area contributed by atoms with Crippen LogP contribution < -0.4 is 5.32 Å². The molecule has 96 valence electrons. The fourth-order valence-corrected chi connectivity index (χ4v) is 1.73. The molecule has 2 aromatic rings. The van der Waals surface area contributed by atoms with Gasteiger partial charge in [-0.2, -0.15) is 0 Å². The lowest BCUT2D eigenvalue weighted by Crippen LogP contribution is -2.17. The molecule has 0 aliphatic rings. The zero-order valence-corrected chi connectivity index (χ0v) is 10.5. The molecule has 0 fully saturated rings. The Morgan fingerprint density at radius 2 is 2.22 bits per heavy atom. The average molecular weight is 249 g/mol. The van der Waals surface area contributed by atoms with Crippen LogP contribution in [0.25, 0.3) is 0 Å². The maximum absolute atomic E-state index is 13.0. The average Bonchev–Trinajstić information content (AvgIpc) is 2.78. The van der Waals surface area contributed by atoms with Crippen molar-refractivity contribution in [2.24, 2.45) is 0 Å². The Hall–Kier alpha value is -1.75. The van der Waals surface area contributed by atoms with E-state index in [0.717, 1.165) is 12.1 Å². The number of halogens is 1. The summed E-state index contributed by atoms with van der Waals surface area (Å²) < 4.78 is 18.6. The third-order valence-corrected chi connectivity index (χ3v) is 2.61. The number of nitrogens with zero attached hydrogens (tertiary/aromatic N) is 2. The second-order valence-electron chi connectivity index (χ2n) is 4.12. The van der Waals surface area contributed by atoms with Gasteiger partial charge in [-0.1, -0.05) is 19.1 Å². The number of hydrogen-bond donors (Lipinski definition) is 1. The fourth-order valence-electron chi connectivity index (χ4n) is 1.73. The molecule has 1 N–H and O–H groups in total. The number of benzene rings is 1. The van der Waals surface area contributed by atoms with Crippen LogP contribution in [0.4, 0.5) is 4.39 Å². The lowest BCUT2D eigenvalue weighted by Gasteiger charge is -2.05. The molecule has 1 aromatic carbocycles. The van der Waals surface area contributed by atoms with Gasteiger partial charge in [-0.25, -0.2) is 4.39 Å². The number of hydrogen-bond acceptors (Lipinski definition) is 4. The first kappa shape index (κ1) is 12.7. The van der Waals surface area contributed by atoms with E-state index in [9.17, 15) is 4.39 Å². The summed E-state index contributed by atoms with van der Waals surface area (Å²) in [7, 11) is 0. The third-order valence-electron chi connectivity index (χ3n) is 2.61. The molecule has 1 heterocycles. The second-order valence-corrected chi connectivity index (χ2v) is 4.12. The monoisotopic (exact) mass is 249 g/mol. The van der Waals surface area contributed by atoms with E-state index < -0.39 is 0 Å². The molecule has 1 unspecified atom stereocenters. The standard InChI is InChI=1S/C13H16FN3O/c1-3-15-9(2)13-17-16-12(18-13)8-10-5-4-6-11(14)7-10/h4-7,9,15H,3,8H2,1-2H3. The minimum absolute atomic E-state index is 0.0313. The van der Waals surface area contributed by atoms with Crippen molar-refractivity contribution in [3.8, 4) is 0 Å². The molecular formula is C13H16FN3O. The molecule has 0 aliphatic heterocycles. The largest absolute Gasteiger partial charge is 0.423 e. The number of aromatic nitrogens is 2. The summed E-state index contributed by atoms with van der Waals surface area (Å²) in [4.78, 5) is 0. The van der Waals surface area contributed by atoms with E-state index in [-0.39, 0.29) is 11.9 Å². The highest BCUT2D eigenvalue weighted by atomic mass is 19.1. The second kappa shape index (κ2) is 5.73. The minimum atomic E-state index is -0.256. The van der Waals surface area contributed by atoms with E-state index in [4.69, 9.17) is 4.42 Å². The summed E-state index contributed by atoms with van der Waals surface area (Å²) in [6.45, 7) is 4.81. The van der Waals surface area contributed by atoms with Crippen LogP contribution in [-0.4, -0.2) is 16.7 Å². The summed E-state index contributed by atoms with van der Waals surface area (Å²) in [5, 5.41) is 11.1. The lowest BCUT2D eigenvalue weighted by atomic mass is 10.1. The highest BCUT2D eigenvalue weighted by Crippen LogP contribution is 2.14. The molecule has 5 heteroatoms. The van der Waals surface area contributed by atoms with Crippen molar-refractivity contribution in [3.63, 3.8) is 0 Å². The Labute approximate surface area is 105 Å². The van der Waals surface area contributed by atoms with Crippen molar-refractivity contribution in [2.75, 3.05) is 6.54 Å². The van der Waals surface area contributed by atoms with Crippen LogP contribution in [0.5, 0.6) is 0 Å². The van der Waals surface area contributed by atoms with Crippen molar-refractivity contribution in [3.05, 3.63) is 47.4 Å². The first-order chi connectivity index (χ1) is 8.69. The molecule has 0 spiro atoms. The van der Waals surface area contributed by atoms with Crippen molar-refractivity contribution < 1.29 is 8.81 Å². The Kier molecular flexibility index (Phi) is 4.04. The van der Waals surface area contributed by atoms with Crippen LogP contribution >= 0.6 is 0 Å². The van der Waals surface area contributed by atoms with Crippen LogP contribution in [0.15, 0.2) is 28.7 Å². The summed E-state index contributed by atoms with van der Waals surface area (Å²) in [6, 6.07) is 6.42. The van der Waals surface area contributed by atoms with Gasteiger partial charge in [0.15, 0.2) is 0 Å². The Balaban J connectivity index is 2.06. The first-order valence-electron chi connectivity index (χ1n) is 5.99. The first-order valence-corrected chi connectivity index (χ1v) is 5.99. The van der Waals surface area contributed by atoms with E-state index in [0.29, 0.717) is 18.2 Å². The van der Waals surface area contributed by atoms with Crippen LogP contribution in [0.3, 0.4) is 0 Å². The SMILES string of the molecule is CCNC(C)c1nnc(Cc2cccc(F)c2)o1. The van der Waals surface area contributed by atoms with Gasteiger partial charge in [-0.05, 0) is 31.2 Å². The smallest absolute Gasteiger partial charge is 0.233 e. The van der Waals surface area contributed by atoms with Gasteiger partial charge in [0.05, 0.1) is 12.5 Å². The van der Waals surface area contributed by atoms with Gasteiger partial charge in [0.1, 0.15) is 5.82 Å². The van der Waals surface area contributed by atoms with Gasteiger partial charge in [0, 0.05) is 0 Å². The van der Waals surface area contributed by atoms with E-state index >= 15 is 0 Å². The van der Waals surface area contributed by atoms with Gasteiger partial charge < -0.3 is 9.73 Å². The van der Waals surface area contributed by atoms with E-state index in [1.807, 2.05) is 19.9 Å². The van der Waals surface area contributed by atoms with Crippen LogP contribution in [0.2, 0.25) is 0 Å². The predicted molar refractivity (Wildman–Crippen MR) is 65.6 cm³/mol. The molecule has 0 amide bonds. The van der Waals surface area contributed by atoms with Crippen molar-refractivity contribution in [1.29, 1.82) is 0 Å². The van der Waals surface area contributed by atoms with Gasteiger partial charge in [-0.3, -0.25) is 0 Å². The zero-order valence-electron chi connectivity index (χ0n) is 10.5. The summed E-state index contributed by atoms with van der Waals surface area (Å²) in [5.41, 5.74) is 0.821. The quantitative estimate of drug-likeness (QED) is 0.884. The topological polar surface area (TPSA) is 51.0 Å². The molecule has 0 saturated heterocycles. The van der Waals surface area contributed by atoms with E-state index in [1.54, 1.807) is 6.07 Å². The summed E-state index contributed by atoms with van der Waals surface area (Å²) >= 11 is 0. The fraction of sp³-hybridized carbons (Fsp3) is 0.385. The predicted octanol–water partition coefficient (Wildman–Crippen LogP) is 2.47. The molecule has 0 radical (unpaired) electrons. The van der Waals surface area contributed by atoms with E-state index in [2.05, 4.69) is 15.5 Å². The summed E-state index contributed by atoms with van der Waals surface area (Å²) in [5.74, 6) is 0.803. The Morgan fingerprint density at radius 3 is 2.94 bits per heavy atom. The lowest BCUT2D eigenvalue weighted by molar-refractivity contribution is 0.401. The molecule has 0 aliphatic carbocycles. The van der Waals surface area contributed by atoms with Crippen LogP contribution in [-0.2, 0) is 6.42 Å². The molecule has 18 heavy (non-hydrogen) atoms. The highest BCUT2D eigenvalue weighted by Gasteiger charge is 2.12. The molecule has 1 aromatic heterocycles. The Bertz CT molecular complexity index is 512. The van der Waals surface area contributed by atoms with Gasteiger partial charge in [0.2, 0.25) is 11.8 Å². The molecule has 0 bridgehead atoms.